The number of aryl methyl sites for hydroxylation is 1. The van der Waals surface area contributed by atoms with E-state index in [4.69, 9.17) is 4.74 Å². The lowest BCUT2D eigenvalue weighted by Crippen LogP contribution is -2.47. The van der Waals surface area contributed by atoms with Crippen LogP contribution in [0.3, 0.4) is 0 Å². The molecular formula is C20H21N9O2. The average Bonchev–Trinajstić information content (AvgIpc) is 3.41. The third kappa shape index (κ3) is 3.82. The molecule has 3 aromatic heterocycles. The summed E-state index contributed by atoms with van der Waals surface area (Å²) in [6.45, 7) is 1.86. The summed E-state index contributed by atoms with van der Waals surface area (Å²) in [6, 6.07) is 11.4. The number of ether oxygens (including phenoxy) is 1. The van der Waals surface area contributed by atoms with Gasteiger partial charge in [0.15, 0.2) is 17.0 Å². The molecule has 1 N–H and O–H groups in total. The van der Waals surface area contributed by atoms with Crippen molar-refractivity contribution in [2.24, 2.45) is 7.05 Å². The van der Waals surface area contributed by atoms with Crippen LogP contribution in [-0.4, -0.2) is 71.3 Å². The molecule has 11 heteroatoms. The summed E-state index contributed by atoms with van der Waals surface area (Å²) in [6.07, 6.45) is 2.87. The number of carbonyl (C=O) groups excluding carboxylic acids is 1. The molecule has 1 aromatic carbocycles. The number of morpholine rings is 1. The van der Waals surface area contributed by atoms with Crippen molar-refractivity contribution < 1.29 is 9.53 Å². The van der Waals surface area contributed by atoms with Crippen molar-refractivity contribution in [1.82, 2.24) is 39.6 Å². The van der Waals surface area contributed by atoms with Gasteiger partial charge in [0.05, 0.1) is 19.3 Å². The zero-order valence-corrected chi connectivity index (χ0v) is 16.9. The summed E-state index contributed by atoms with van der Waals surface area (Å²) >= 11 is 0. The molecule has 0 saturated carbocycles. The fourth-order valence-electron chi connectivity index (χ4n) is 3.62. The van der Waals surface area contributed by atoms with Gasteiger partial charge in [-0.25, -0.2) is 14.6 Å². The maximum atomic E-state index is 12.8. The second-order valence-electron chi connectivity index (χ2n) is 7.24. The van der Waals surface area contributed by atoms with Crippen molar-refractivity contribution in [3.63, 3.8) is 0 Å². The number of amides is 1. The van der Waals surface area contributed by atoms with E-state index >= 15 is 0 Å². The van der Waals surface area contributed by atoms with Crippen molar-refractivity contribution in [2.75, 3.05) is 25.0 Å². The minimum atomic E-state index is -0.226. The molecule has 31 heavy (non-hydrogen) atoms. The highest BCUT2D eigenvalue weighted by Gasteiger charge is 2.27. The molecule has 0 aliphatic carbocycles. The number of anilines is 2. The topological polar surface area (TPSA) is 116 Å². The number of hydrogen-bond acceptors (Lipinski definition) is 8. The summed E-state index contributed by atoms with van der Waals surface area (Å²) in [5.74, 6) is 0.522. The van der Waals surface area contributed by atoms with Gasteiger partial charge in [0, 0.05) is 32.0 Å². The first-order valence-electron chi connectivity index (χ1n) is 9.94. The minimum absolute atomic E-state index is 0.0616. The largest absolute Gasteiger partial charge is 0.373 e. The van der Waals surface area contributed by atoms with Crippen LogP contribution in [0, 0.1) is 0 Å². The Morgan fingerprint density at radius 2 is 2.10 bits per heavy atom. The molecule has 1 fully saturated rings. The summed E-state index contributed by atoms with van der Waals surface area (Å²) in [4.78, 5) is 23.2. The summed E-state index contributed by atoms with van der Waals surface area (Å²) in [7, 11) is 1.76. The second-order valence-corrected chi connectivity index (χ2v) is 7.24. The standard InChI is InChI=1S/C20H21N9O2/c1-27-16(7-8-23-27)20(30)28-9-10-31-15(11-28)12-29-19-17(25-26-29)18(21-13-22-19)24-14-5-3-2-4-6-14/h2-8,13,15H,9-12H2,1H3,(H,21,22,24). The Bertz CT molecular complexity index is 1200. The molecular weight excluding hydrogens is 398 g/mol. The van der Waals surface area contributed by atoms with Crippen LogP contribution in [-0.2, 0) is 18.3 Å². The lowest BCUT2D eigenvalue weighted by Gasteiger charge is -2.32. The molecule has 4 heterocycles. The van der Waals surface area contributed by atoms with Gasteiger partial charge in [0.2, 0.25) is 0 Å². The Kier molecular flexibility index (Phi) is 5.00. The molecule has 1 aliphatic heterocycles. The van der Waals surface area contributed by atoms with E-state index in [2.05, 4.69) is 30.7 Å². The fourth-order valence-corrected chi connectivity index (χ4v) is 3.62. The predicted molar refractivity (Wildman–Crippen MR) is 112 cm³/mol. The van der Waals surface area contributed by atoms with Gasteiger partial charge in [-0.3, -0.25) is 9.48 Å². The molecule has 1 saturated heterocycles. The van der Waals surface area contributed by atoms with Gasteiger partial charge in [-0.15, -0.1) is 5.10 Å². The normalized spacial score (nSPS) is 16.5. The van der Waals surface area contributed by atoms with E-state index in [1.165, 1.54) is 6.33 Å². The lowest BCUT2D eigenvalue weighted by atomic mass is 10.2. The van der Waals surface area contributed by atoms with Crippen molar-refractivity contribution >= 4 is 28.6 Å². The van der Waals surface area contributed by atoms with Crippen molar-refractivity contribution in [1.29, 1.82) is 0 Å². The van der Waals surface area contributed by atoms with Crippen molar-refractivity contribution in [3.05, 3.63) is 54.6 Å². The summed E-state index contributed by atoms with van der Waals surface area (Å²) < 4.78 is 9.16. The molecule has 1 amide bonds. The zero-order chi connectivity index (χ0) is 21.2. The Labute approximate surface area is 177 Å². The first-order valence-corrected chi connectivity index (χ1v) is 9.94. The van der Waals surface area contributed by atoms with Gasteiger partial charge in [0.1, 0.15) is 12.0 Å². The highest BCUT2D eigenvalue weighted by molar-refractivity contribution is 5.92. The monoisotopic (exact) mass is 419 g/mol. The molecule has 158 valence electrons. The van der Waals surface area contributed by atoms with Gasteiger partial charge >= 0.3 is 0 Å². The number of hydrogen-bond donors (Lipinski definition) is 1. The molecule has 4 aromatic rings. The van der Waals surface area contributed by atoms with Gasteiger partial charge < -0.3 is 15.0 Å². The van der Waals surface area contributed by atoms with Crippen LogP contribution in [0.2, 0.25) is 0 Å². The number of para-hydroxylation sites is 1. The number of nitrogens with one attached hydrogen (secondary N) is 1. The predicted octanol–water partition coefficient (Wildman–Crippen LogP) is 1.24. The quantitative estimate of drug-likeness (QED) is 0.514. The number of nitrogens with zero attached hydrogens (tertiary/aromatic N) is 8. The molecule has 0 spiro atoms. The van der Waals surface area contributed by atoms with Gasteiger partial charge in [-0.05, 0) is 18.2 Å². The first-order chi connectivity index (χ1) is 15.2. The third-order valence-electron chi connectivity index (χ3n) is 5.18. The van der Waals surface area contributed by atoms with Crippen LogP contribution >= 0.6 is 0 Å². The van der Waals surface area contributed by atoms with Crippen molar-refractivity contribution in [3.8, 4) is 0 Å². The van der Waals surface area contributed by atoms with Crippen molar-refractivity contribution in [2.45, 2.75) is 12.6 Å². The number of fused-ring (bicyclic) bond motifs is 1. The molecule has 1 atom stereocenters. The Balaban J connectivity index is 1.33. The van der Waals surface area contributed by atoms with Gasteiger partial charge in [-0.1, -0.05) is 23.4 Å². The molecule has 0 bridgehead atoms. The third-order valence-corrected chi connectivity index (χ3v) is 5.18. The number of rotatable bonds is 5. The maximum absolute atomic E-state index is 12.8. The van der Waals surface area contributed by atoms with Crippen LogP contribution < -0.4 is 5.32 Å². The summed E-state index contributed by atoms with van der Waals surface area (Å²) in [5, 5.41) is 15.8. The second kappa shape index (κ2) is 8.11. The summed E-state index contributed by atoms with van der Waals surface area (Å²) in [5.41, 5.74) is 2.63. The highest BCUT2D eigenvalue weighted by atomic mass is 16.5. The zero-order valence-electron chi connectivity index (χ0n) is 16.9. The van der Waals surface area contributed by atoms with E-state index in [1.807, 2.05) is 30.3 Å². The molecule has 5 rings (SSSR count). The average molecular weight is 419 g/mol. The Morgan fingerprint density at radius 1 is 1.23 bits per heavy atom. The molecule has 11 nitrogen and oxygen atoms in total. The van der Waals surface area contributed by atoms with E-state index in [0.717, 1.165) is 5.69 Å². The van der Waals surface area contributed by atoms with E-state index < -0.39 is 0 Å². The van der Waals surface area contributed by atoms with E-state index in [0.29, 0.717) is 48.9 Å². The minimum Gasteiger partial charge on any atom is -0.373 e. The van der Waals surface area contributed by atoms with Crippen LogP contribution in [0.15, 0.2) is 48.9 Å². The Morgan fingerprint density at radius 3 is 2.90 bits per heavy atom. The fraction of sp³-hybridized carbons (Fsp3) is 0.300. The number of carbonyl (C=O) groups is 1. The highest BCUT2D eigenvalue weighted by Crippen LogP contribution is 2.21. The number of benzene rings is 1. The van der Waals surface area contributed by atoms with E-state index in [1.54, 1.807) is 33.6 Å². The maximum Gasteiger partial charge on any atom is 0.272 e. The SMILES string of the molecule is Cn1nccc1C(=O)N1CCOC(Cn2nnc3c(Nc4ccccc4)ncnc32)C1. The molecule has 1 unspecified atom stereocenters. The van der Waals surface area contributed by atoms with Crippen LogP contribution in [0.1, 0.15) is 10.5 Å². The van der Waals surface area contributed by atoms with Crippen LogP contribution in [0.5, 0.6) is 0 Å². The van der Waals surface area contributed by atoms with E-state index in [-0.39, 0.29) is 12.0 Å². The molecule has 1 aliphatic rings. The van der Waals surface area contributed by atoms with Gasteiger partial charge in [0.25, 0.3) is 5.91 Å². The van der Waals surface area contributed by atoms with Crippen LogP contribution in [0.4, 0.5) is 11.5 Å². The van der Waals surface area contributed by atoms with Gasteiger partial charge in [-0.2, -0.15) is 5.10 Å². The first kappa shape index (κ1) is 19.1. The number of aromatic nitrogens is 7. The Hall–Kier alpha value is -3.86. The van der Waals surface area contributed by atoms with E-state index in [9.17, 15) is 4.79 Å². The smallest absolute Gasteiger partial charge is 0.272 e. The molecule has 0 radical (unpaired) electrons. The van der Waals surface area contributed by atoms with Crippen LogP contribution in [0.25, 0.3) is 11.2 Å². The lowest BCUT2D eigenvalue weighted by molar-refractivity contribution is -0.0300.